The van der Waals surface area contributed by atoms with Crippen molar-refractivity contribution < 1.29 is 37.0 Å². The molecule has 6 nitrogen and oxygen atoms in total. The number of hydrogen-bond acceptors (Lipinski definition) is 5. The van der Waals surface area contributed by atoms with Crippen molar-refractivity contribution in [1.82, 2.24) is 4.90 Å². The van der Waals surface area contributed by atoms with Crippen molar-refractivity contribution >= 4 is 5.97 Å². The van der Waals surface area contributed by atoms with Gasteiger partial charge in [0, 0.05) is 6.61 Å². The molecule has 29 heavy (non-hydrogen) atoms. The largest absolute Gasteiger partial charge is 0.490 e. The van der Waals surface area contributed by atoms with Gasteiger partial charge in [-0.15, -0.1) is 0 Å². The van der Waals surface area contributed by atoms with Crippen LogP contribution in [0.5, 0.6) is 0 Å². The maximum atomic E-state index is 10.6. The van der Waals surface area contributed by atoms with Gasteiger partial charge in [-0.3, -0.25) is 4.90 Å². The lowest BCUT2D eigenvalue weighted by Crippen LogP contribution is -2.40. The minimum atomic E-state index is -5.08. The van der Waals surface area contributed by atoms with Crippen LogP contribution in [0, 0.1) is 11.3 Å². The lowest BCUT2D eigenvalue weighted by Gasteiger charge is -2.38. The highest BCUT2D eigenvalue weighted by Gasteiger charge is 2.42. The van der Waals surface area contributed by atoms with E-state index in [2.05, 4.69) is 11.0 Å². The number of aliphatic carboxylic acids is 1. The second kappa shape index (κ2) is 9.49. The van der Waals surface area contributed by atoms with Gasteiger partial charge in [-0.25, -0.2) is 4.79 Å². The Morgan fingerprint density at radius 3 is 2.52 bits per heavy atom. The number of halogens is 3. The van der Waals surface area contributed by atoms with E-state index in [1.165, 1.54) is 32.1 Å². The van der Waals surface area contributed by atoms with Crippen LogP contribution in [0.15, 0.2) is 22.8 Å². The third-order valence-electron chi connectivity index (χ3n) is 5.76. The van der Waals surface area contributed by atoms with Gasteiger partial charge in [-0.05, 0) is 68.7 Å². The number of carboxylic acid groups (broad SMARTS) is 1. The van der Waals surface area contributed by atoms with Gasteiger partial charge in [0.2, 0.25) is 0 Å². The fourth-order valence-corrected chi connectivity index (χ4v) is 3.81. The van der Waals surface area contributed by atoms with Crippen molar-refractivity contribution in [3.8, 4) is 0 Å². The SMILES string of the molecule is O=C(O)C(F)(F)F.c1coc(CN2CCC3(CC2)COC(COCC2CC2)C3)c1. The molecule has 0 aromatic carbocycles. The molecule has 1 N–H and O–H groups in total. The summed E-state index contributed by atoms with van der Waals surface area (Å²) in [6.07, 6.45) is 3.40. The average Bonchev–Trinajstić information content (AvgIpc) is 3.19. The average molecular weight is 419 g/mol. The molecular formula is C20H28F3NO5. The maximum absolute atomic E-state index is 10.6. The number of carbonyl (C=O) groups is 1. The molecule has 3 aliphatic rings. The Morgan fingerprint density at radius 2 is 1.97 bits per heavy atom. The normalized spacial score (nSPS) is 24.3. The van der Waals surface area contributed by atoms with Crippen LogP contribution in [0.25, 0.3) is 0 Å². The van der Waals surface area contributed by atoms with E-state index in [0.29, 0.717) is 11.5 Å². The molecule has 164 valence electrons. The van der Waals surface area contributed by atoms with Crippen molar-refractivity contribution in [2.45, 2.75) is 50.9 Å². The van der Waals surface area contributed by atoms with Gasteiger partial charge in [-0.2, -0.15) is 13.2 Å². The van der Waals surface area contributed by atoms with Gasteiger partial charge in [0.05, 0.1) is 32.1 Å². The molecule has 0 bridgehead atoms. The number of nitrogens with zero attached hydrogens (tertiary/aromatic N) is 1. The first kappa shape index (κ1) is 22.1. The van der Waals surface area contributed by atoms with Crippen LogP contribution in [0.4, 0.5) is 13.2 Å². The third-order valence-corrected chi connectivity index (χ3v) is 5.76. The summed E-state index contributed by atoms with van der Waals surface area (Å²) >= 11 is 0. The number of likely N-dealkylation sites (tertiary alicyclic amines) is 1. The zero-order valence-electron chi connectivity index (χ0n) is 16.3. The van der Waals surface area contributed by atoms with E-state index in [-0.39, 0.29) is 0 Å². The molecule has 1 unspecified atom stereocenters. The minimum Gasteiger partial charge on any atom is -0.475 e. The number of ether oxygens (including phenoxy) is 2. The molecule has 1 spiro atoms. The number of hydrogen-bond donors (Lipinski definition) is 1. The first-order valence-electron chi connectivity index (χ1n) is 10.00. The summed E-state index contributed by atoms with van der Waals surface area (Å²) in [5.74, 6) is -0.835. The molecule has 1 aliphatic carbocycles. The van der Waals surface area contributed by atoms with E-state index in [9.17, 15) is 13.2 Å². The zero-order valence-corrected chi connectivity index (χ0v) is 16.3. The van der Waals surface area contributed by atoms with Crippen LogP contribution < -0.4 is 0 Å². The van der Waals surface area contributed by atoms with Crippen LogP contribution in [-0.4, -0.2) is 61.2 Å². The molecule has 2 aliphatic heterocycles. The van der Waals surface area contributed by atoms with Crippen molar-refractivity contribution in [2.24, 2.45) is 11.3 Å². The zero-order chi connectivity index (χ0) is 20.9. The number of rotatable bonds is 6. The Bertz CT molecular complexity index is 637. The number of piperidine rings is 1. The molecule has 1 saturated carbocycles. The second-order valence-corrected chi connectivity index (χ2v) is 8.28. The molecule has 3 heterocycles. The van der Waals surface area contributed by atoms with Crippen molar-refractivity contribution in [3.63, 3.8) is 0 Å². The summed E-state index contributed by atoms with van der Waals surface area (Å²) in [4.78, 5) is 11.4. The van der Waals surface area contributed by atoms with Crippen molar-refractivity contribution in [3.05, 3.63) is 24.2 Å². The minimum absolute atomic E-state index is 0.329. The molecule has 1 aromatic rings. The molecule has 4 rings (SSSR count). The van der Waals surface area contributed by atoms with Gasteiger partial charge < -0.3 is 19.0 Å². The monoisotopic (exact) mass is 419 g/mol. The van der Waals surface area contributed by atoms with E-state index in [1.54, 1.807) is 6.26 Å². The molecule has 0 amide bonds. The Labute approximate surface area is 167 Å². The second-order valence-electron chi connectivity index (χ2n) is 8.28. The highest BCUT2D eigenvalue weighted by atomic mass is 19.4. The Balaban J connectivity index is 0.000000298. The van der Waals surface area contributed by atoms with Crippen molar-refractivity contribution in [2.75, 3.05) is 32.9 Å². The Morgan fingerprint density at radius 1 is 1.28 bits per heavy atom. The summed E-state index contributed by atoms with van der Waals surface area (Å²) < 4.78 is 49.0. The van der Waals surface area contributed by atoms with Crippen LogP contribution in [0.2, 0.25) is 0 Å². The van der Waals surface area contributed by atoms with E-state index >= 15 is 0 Å². The predicted molar refractivity (Wildman–Crippen MR) is 97.2 cm³/mol. The van der Waals surface area contributed by atoms with E-state index in [0.717, 1.165) is 51.1 Å². The highest BCUT2D eigenvalue weighted by Crippen LogP contribution is 2.42. The smallest absolute Gasteiger partial charge is 0.475 e. The Hall–Kier alpha value is -1.58. The van der Waals surface area contributed by atoms with Gasteiger partial charge in [-0.1, -0.05) is 0 Å². The Kier molecular flexibility index (Phi) is 7.23. The molecule has 1 atom stereocenters. The fraction of sp³-hybridized carbons (Fsp3) is 0.750. The van der Waals surface area contributed by atoms with E-state index < -0.39 is 12.1 Å². The lowest BCUT2D eigenvalue weighted by atomic mass is 9.76. The summed E-state index contributed by atoms with van der Waals surface area (Å²) in [5.41, 5.74) is 0.410. The van der Waals surface area contributed by atoms with Crippen LogP contribution >= 0.6 is 0 Å². The van der Waals surface area contributed by atoms with E-state index in [1.807, 2.05) is 6.07 Å². The van der Waals surface area contributed by atoms with Gasteiger partial charge in [0.25, 0.3) is 0 Å². The van der Waals surface area contributed by atoms with Crippen LogP contribution in [0.3, 0.4) is 0 Å². The van der Waals surface area contributed by atoms with Crippen LogP contribution in [-0.2, 0) is 20.8 Å². The van der Waals surface area contributed by atoms with Gasteiger partial charge in [0.1, 0.15) is 5.76 Å². The lowest BCUT2D eigenvalue weighted by molar-refractivity contribution is -0.192. The molecular weight excluding hydrogens is 391 g/mol. The number of carboxylic acids is 1. The first-order chi connectivity index (χ1) is 13.8. The van der Waals surface area contributed by atoms with Gasteiger partial charge in [0.15, 0.2) is 0 Å². The van der Waals surface area contributed by atoms with Gasteiger partial charge >= 0.3 is 12.1 Å². The topological polar surface area (TPSA) is 72.1 Å². The molecule has 9 heteroatoms. The first-order valence-corrected chi connectivity index (χ1v) is 10.00. The quantitative estimate of drug-likeness (QED) is 0.758. The number of alkyl halides is 3. The van der Waals surface area contributed by atoms with E-state index in [4.69, 9.17) is 23.8 Å². The molecule has 2 saturated heterocycles. The van der Waals surface area contributed by atoms with Crippen LogP contribution in [0.1, 0.15) is 37.9 Å². The predicted octanol–water partition coefficient (Wildman–Crippen LogP) is 3.71. The summed E-state index contributed by atoms with van der Waals surface area (Å²) in [6.45, 7) is 5.93. The third kappa shape index (κ3) is 7.01. The fourth-order valence-electron chi connectivity index (χ4n) is 3.81. The highest BCUT2D eigenvalue weighted by molar-refractivity contribution is 5.73. The maximum Gasteiger partial charge on any atom is 0.490 e. The standard InChI is InChI=1S/C18H27NO3.C2HF3O2/c1-2-16(21-9-1)11-19-7-5-18(6-8-19)10-17(22-14-18)13-20-12-15-3-4-15;3-2(4,5)1(6)7/h1-2,9,15,17H,3-8,10-14H2;(H,6,7). The summed E-state index contributed by atoms with van der Waals surface area (Å²) in [7, 11) is 0. The summed E-state index contributed by atoms with van der Waals surface area (Å²) in [6, 6.07) is 4.04. The molecule has 1 aromatic heterocycles. The molecule has 0 radical (unpaired) electrons. The number of furan rings is 1. The van der Waals surface area contributed by atoms with Crippen molar-refractivity contribution in [1.29, 1.82) is 0 Å². The summed E-state index contributed by atoms with van der Waals surface area (Å²) in [5, 5.41) is 7.12. The molecule has 3 fully saturated rings.